The molecule has 0 atom stereocenters. The predicted molar refractivity (Wildman–Crippen MR) is 61.2 cm³/mol. The summed E-state index contributed by atoms with van der Waals surface area (Å²) in [4.78, 5) is 0. The third-order valence-electron chi connectivity index (χ3n) is 2.09. The third-order valence-corrected chi connectivity index (χ3v) is 4.93. The molecule has 1 aliphatic rings. The molecule has 0 saturated carbocycles. The van der Waals surface area contributed by atoms with Crippen LogP contribution >= 0.6 is 30.8 Å². The van der Waals surface area contributed by atoms with E-state index in [9.17, 15) is 4.57 Å². The van der Waals surface area contributed by atoms with Gasteiger partial charge in [-0.2, -0.15) is 0 Å². The molecule has 1 rings (SSSR count). The lowest BCUT2D eigenvalue weighted by molar-refractivity contribution is 0.413. The summed E-state index contributed by atoms with van der Waals surface area (Å²) in [6, 6.07) is 0. The molecule has 2 N–H and O–H groups in total. The van der Waals surface area contributed by atoms with Crippen molar-refractivity contribution in [1.82, 2.24) is 14.8 Å². The van der Waals surface area contributed by atoms with Gasteiger partial charge in [0, 0.05) is 37.9 Å². The Morgan fingerprint density at radius 2 is 1.64 bits per heavy atom. The minimum Gasteiger partial charge on any atom is -0.271 e. The van der Waals surface area contributed by atoms with E-state index in [2.05, 4.69) is 10.2 Å². The standard InChI is InChI=1S/C7H16Cl2N3OP/c8-2-6-12(7-3-9)14(13)10-4-1-5-11-14/h1-7H2,(H2,10,11,13). The number of hydrogen-bond donors (Lipinski definition) is 2. The molecule has 1 saturated heterocycles. The van der Waals surface area contributed by atoms with Gasteiger partial charge in [-0.25, -0.2) is 14.8 Å². The van der Waals surface area contributed by atoms with Crippen molar-refractivity contribution in [2.75, 3.05) is 37.9 Å². The summed E-state index contributed by atoms with van der Waals surface area (Å²) in [5.74, 6) is 0.925. The van der Waals surface area contributed by atoms with Crippen LogP contribution in [0, 0.1) is 0 Å². The van der Waals surface area contributed by atoms with Crippen molar-refractivity contribution in [3.63, 3.8) is 0 Å². The van der Waals surface area contributed by atoms with Gasteiger partial charge in [0.25, 0.3) is 7.59 Å². The fraction of sp³-hybridized carbons (Fsp3) is 1.00. The first-order valence-corrected chi connectivity index (χ1v) is 7.43. The summed E-state index contributed by atoms with van der Waals surface area (Å²) >= 11 is 11.3. The number of nitrogens with zero attached hydrogens (tertiary/aromatic N) is 1. The van der Waals surface area contributed by atoms with Gasteiger partial charge in [0.15, 0.2) is 0 Å². The molecular weight excluding hydrogens is 244 g/mol. The van der Waals surface area contributed by atoms with Crippen LogP contribution in [-0.2, 0) is 4.57 Å². The smallest absolute Gasteiger partial charge is 0.271 e. The highest BCUT2D eigenvalue weighted by atomic mass is 35.5. The van der Waals surface area contributed by atoms with Crippen LogP contribution in [-0.4, -0.2) is 42.6 Å². The molecule has 1 aliphatic heterocycles. The number of rotatable bonds is 5. The average Bonchev–Trinajstić information content (AvgIpc) is 2.19. The first kappa shape index (κ1) is 12.8. The van der Waals surface area contributed by atoms with Crippen molar-refractivity contribution in [2.24, 2.45) is 0 Å². The maximum atomic E-state index is 12.3. The Labute approximate surface area is 94.8 Å². The topological polar surface area (TPSA) is 44.4 Å². The zero-order chi connectivity index (χ0) is 10.4. The van der Waals surface area contributed by atoms with Gasteiger partial charge < -0.3 is 0 Å². The van der Waals surface area contributed by atoms with Crippen molar-refractivity contribution in [3.8, 4) is 0 Å². The Bertz CT molecular complexity index is 201. The minimum absolute atomic E-state index is 0.463. The van der Waals surface area contributed by atoms with Gasteiger partial charge in [0.2, 0.25) is 0 Å². The zero-order valence-corrected chi connectivity index (χ0v) is 10.4. The van der Waals surface area contributed by atoms with E-state index >= 15 is 0 Å². The van der Waals surface area contributed by atoms with E-state index in [-0.39, 0.29) is 0 Å². The molecule has 4 nitrogen and oxygen atoms in total. The summed E-state index contributed by atoms with van der Waals surface area (Å²) < 4.78 is 14.1. The average molecular weight is 260 g/mol. The summed E-state index contributed by atoms with van der Waals surface area (Å²) in [6.07, 6.45) is 1.000. The second-order valence-corrected chi connectivity index (χ2v) is 6.18. The van der Waals surface area contributed by atoms with Gasteiger partial charge >= 0.3 is 0 Å². The Balaban J connectivity index is 2.58. The molecule has 0 unspecified atom stereocenters. The SMILES string of the molecule is O=P1(N(CCCl)CCCl)NCCCN1. The number of alkyl halides is 2. The van der Waals surface area contributed by atoms with Gasteiger partial charge in [-0.05, 0) is 6.42 Å². The van der Waals surface area contributed by atoms with Crippen molar-refractivity contribution in [1.29, 1.82) is 0 Å². The lowest BCUT2D eigenvalue weighted by Gasteiger charge is -2.34. The molecule has 0 aliphatic carbocycles. The molecule has 7 heteroatoms. The van der Waals surface area contributed by atoms with Crippen molar-refractivity contribution >= 4 is 30.8 Å². The second-order valence-electron chi connectivity index (χ2n) is 3.08. The Morgan fingerprint density at radius 1 is 1.14 bits per heavy atom. The van der Waals surface area contributed by atoms with E-state index < -0.39 is 7.59 Å². The highest BCUT2D eigenvalue weighted by molar-refractivity contribution is 7.57. The van der Waals surface area contributed by atoms with E-state index in [1.54, 1.807) is 0 Å². The van der Waals surface area contributed by atoms with E-state index in [1.807, 2.05) is 4.67 Å². The van der Waals surface area contributed by atoms with E-state index in [0.29, 0.717) is 24.8 Å². The maximum Gasteiger partial charge on any atom is 0.281 e. The van der Waals surface area contributed by atoms with Crippen LogP contribution in [0.25, 0.3) is 0 Å². The molecule has 1 fully saturated rings. The van der Waals surface area contributed by atoms with Crippen LogP contribution in [0.4, 0.5) is 0 Å². The monoisotopic (exact) mass is 259 g/mol. The largest absolute Gasteiger partial charge is 0.281 e. The Kier molecular flexibility index (Phi) is 5.75. The lowest BCUT2D eigenvalue weighted by atomic mass is 10.4. The second kappa shape index (κ2) is 6.31. The van der Waals surface area contributed by atoms with E-state index in [4.69, 9.17) is 23.2 Å². The predicted octanol–water partition coefficient (Wildman–Crippen LogP) is 1.46. The highest BCUT2D eigenvalue weighted by Crippen LogP contribution is 2.41. The quantitative estimate of drug-likeness (QED) is 0.580. The van der Waals surface area contributed by atoms with Crippen molar-refractivity contribution in [2.45, 2.75) is 6.42 Å². The van der Waals surface area contributed by atoms with Crippen LogP contribution in [0.15, 0.2) is 0 Å². The molecule has 0 aromatic heterocycles. The molecule has 0 radical (unpaired) electrons. The highest BCUT2D eigenvalue weighted by Gasteiger charge is 2.30. The number of nitrogens with one attached hydrogen (secondary N) is 2. The maximum absolute atomic E-state index is 12.3. The molecule has 14 heavy (non-hydrogen) atoms. The molecule has 0 amide bonds. The summed E-state index contributed by atoms with van der Waals surface area (Å²) in [5, 5.41) is 6.04. The van der Waals surface area contributed by atoms with Gasteiger partial charge in [-0.3, -0.25) is 4.57 Å². The lowest BCUT2D eigenvalue weighted by Crippen LogP contribution is -2.42. The molecule has 0 bridgehead atoms. The van der Waals surface area contributed by atoms with Gasteiger partial charge in [-0.1, -0.05) is 0 Å². The van der Waals surface area contributed by atoms with Crippen LogP contribution in [0.5, 0.6) is 0 Å². The number of hydrogen-bond acceptors (Lipinski definition) is 1. The zero-order valence-electron chi connectivity index (χ0n) is 8.01. The van der Waals surface area contributed by atoms with Crippen molar-refractivity contribution in [3.05, 3.63) is 0 Å². The summed E-state index contributed by atoms with van der Waals surface area (Å²) in [6.45, 7) is 2.74. The van der Waals surface area contributed by atoms with E-state index in [0.717, 1.165) is 19.5 Å². The third kappa shape index (κ3) is 3.37. The summed E-state index contributed by atoms with van der Waals surface area (Å²) in [7, 11) is -2.59. The van der Waals surface area contributed by atoms with Crippen molar-refractivity contribution < 1.29 is 4.57 Å². The van der Waals surface area contributed by atoms with Crippen LogP contribution in [0.2, 0.25) is 0 Å². The molecule has 0 aromatic rings. The summed E-state index contributed by atoms with van der Waals surface area (Å²) in [5.41, 5.74) is 0. The fourth-order valence-corrected chi connectivity index (χ4v) is 4.24. The molecule has 0 spiro atoms. The Morgan fingerprint density at radius 3 is 2.07 bits per heavy atom. The minimum atomic E-state index is -2.59. The molecule has 0 aromatic carbocycles. The normalized spacial score (nSPS) is 21.4. The van der Waals surface area contributed by atoms with E-state index in [1.165, 1.54) is 0 Å². The Hall–Kier alpha value is 0.690. The molecular formula is C7H16Cl2N3OP. The van der Waals surface area contributed by atoms with Gasteiger partial charge in [0.1, 0.15) is 0 Å². The van der Waals surface area contributed by atoms with Crippen LogP contribution in [0.3, 0.4) is 0 Å². The van der Waals surface area contributed by atoms with Gasteiger partial charge in [-0.15, -0.1) is 23.2 Å². The first-order valence-electron chi connectivity index (χ1n) is 4.70. The van der Waals surface area contributed by atoms with Gasteiger partial charge in [0.05, 0.1) is 0 Å². The fourth-order valence-electron chi connectivity index (χ4n) is 1.39. The first-order chi connectivity index (χ1) is 6.73. The number of halogens is 2. The van der Waals surface area contributed by atoms with Crippen LogP contribution < -0.4 is 10.2 Å². The van der Waals surface area contributed by atoms with Crippen LogP contribution in [0.1, 0.15) is 6.42 Å². The molecule has 1 heterocycles. The molecule has 84 valence electrons.